The highest BCUT2D eigenvalue weighted by atomic mass is 35.5. The van der Waals surface area contributed by atoms with Crippen LogP contribution in [0.15, 0.2) is 24.3 Å². The minimum atomic E-state index is -0.0107. The smallest absolute Gasteiger partial charge is 0.167 e. The van der Waals surface area contributed by atoms with Crippen molar-refractivity contribution in [2.45, 2.75) is 25.3 Å². The van der Waals surface area contributed by atoms with Gasteiger partial charge >= 0.3 is 0 Å². The molecule has 1 aromatic carbocycles. The number of hydrogen-bond acceptors (Lipinski definition) is 2. The lowest BCUT2D eigenvalue weighted by atomic mass is 9.94. The quantitative estimate of drug-likeness (QED) is 0.784. The molecule has 0 amide bonds. The van der Waals surface area contributed by atoms with Crippen molar-refractivity contribution in [1.82, 2.24) is 0 Å². The molecule has 0 bridgehead atoms. The van der Waals surface area contributed by atoms with E-state index in [1.807, 2.05) is 0 Å². The molecule has 2 N–H and O–H groups in total. The molecule has 1 aromatic rings. The van der Waals surface area contributed by atoms with Crippen molar-refractivity contribution in [3.63, 3.8) is 0 Å². The van der Waals surface area contributed by atoms with Crippen molar-refractivity contribution < 1.29 is 4.79 Å². The standard InChI is InChI=1S/C12H14ClNO/c13-9-4-1-3-8(7-9)12(15)10-5-2-6-11(10)14/h1,3-4,7,10-11H,2,5-6,14H2. The number of ketones is 1. The third-order valence-electron chi connectivity index (χ3n) is 3.02. The van der Waals surface area contributed by atoms with E-state index in [4.69, 9.17) is 17.3 Å². The molecule has 1 fully saturated rings. The van der Waals surface area contributed by atoms with Crippen LogP contribution in [0.1, 0.15) is 29.6 Å². The third-order valence-corrected chi connectivity index (χ3v) is 3.25. The van der Waals surface area contributed by atoms with Gasteiger partial charge in [0.05, 0.1) is 0 Å². The molecule has 2 unspecified atom stereocenters. The van der Waals surface area contributed by atoms with Gasteiger partial charge in [-0.3, -0.25) is 4.79 Å². The maximum absolute atomic E-state index is 12.1. The van der Waals surface area contributed by atoms with Gasteiger partial charge in [-0.05, 0) is 25.0 Å². The van der Waals surface area contributed by atoms with Crippen LogP contribution >= 0.6 is 11.6 Å². The minimum absolute atomic E-state index is 0.0107. The summed E-state index contributed by atoms with van der Waals surface area (Å²) in [4.78, 5) is 12.1. The molecule has 80 valence electrons. The van der Waals surface area contributed by atoms with Gasteiger partial charge in [0.15, 0.2) is 5.78 Å². The number of carbonyl (C=O) groups is 1. The van der Waals surface area contributed by atoms with Crippen molar-refractivity contribution >= 4 is 17.4 Å². The second kappa shape index (κ2) is 4.33. The highest BCUT2D eigenvalue weighted by Gasteiger charge is 2.30. The van der Waals surface area contributed by atoms with Gasteiger partial charge in [0, 0.05) is 22.5 Å². The molecule has 2 rings (SSSR count). The summed E-state index contributed by atoms with van der Waals surface area (Å²) < 4.78 is 0. The molecule has 3 heteroatoms. The summed E-state index contributed by atoms with van der Waals surface area (Å²) in [5.41, 5.74) is 6.59. The van der Waals surface area contributed by atoms with E-state index in [9.17, 15) is 4.79 Å². The summed E-state index contributed by atoms with van der Waals surface area (Å²) in [6.45, 7) is 0. The number of rotatable bonds is 2. The maximum Gasteiger partial charge on any atom is 0.167 e. The van der Waals surface area contributed by atoms with Crippen LogP contribution in [0.25, 0.3) is 0 Å². The Hall–Kier alpha value is -0.860. The SMILES string of the molecule is NC1CCCC1C(=O)c1cccc(Cl)c1. The number of benzene rings is 1. The summed E-state index contributed by atoms with van der Waals surface area (Å²) in [6, 6.07) is 7.12. The molecule has 2 atom stereocenters. The first-order valence-corrected chi connectivity index (χ1v) is 5.61. The van der Waals surface area contributed by atoms with E-state index in [0.29, 0.717) is 10.6 Å². The average molecular weight is 224 g/mol. The van der Waals surface area contributed by atoms with Crippen molar-refractivity contribution in [1.29, 1.82) is 0 Å². The maximum atomic E-state index is 12.1. The fraction of sp³-hybridized carbons (Fsp3) is 0.417. The Labute approximate surface area is 94.4 Å². The van der Waals surface area contributed by atoms with E-state index in [0.717, 1.165) is 19.3 Å². The van der Waals surface area contributed by atoms with Crippen LogP contribution in [0.4, 0.5) is 0 Å². The van der Waals surface area contributed by atoms with Crippen LogP contribution in [0.5, 0.6) is 0 Å². The molecule has 0 heterocycles. The molecule has 1 saturated carbocycles. The molecule has 0 aromatic heterocycles. The van der Waals surface area contributed by atoms with Crippen molar-refractivity contribution in [3.8, 4) is 0 Å². The summed E-state index contributed by atoms with van der Waals surface area (Å²) >= 11 is 5.85. The fourth-order valence-electron chi connectivity index (χ4n) is 2.17. The molecular weight excluding hydrogens is 210 g/mol. The van der Waals surface area contributed by atoms with Crippen LogP contribution in [-0.4, -0.2) is 11.8 Å². The Balaban J connectivity index is 2.20. The van der Waals surface area contributed by atoms with E-state index in [1.165, 1.54) is 0 Å². The predicted octanol–water partition coefficient (Wildman–Crippen LogP) is 2.65. The summed E-state index contributed by atoms with van der Waals surface area (Å²) in [5, 5.41) is 0.604. The Kier molecular flexibility index (Phi) is 3.08. The molecule has 0 saturated heterocycles. The second-order valence-electron chi connectivity index (χ2n) is 4.08. The first-order valence-electron chi connectivity index (χ1n) is 5.24. The highest BCUT2D eigenvalue weighted by Crippen LogP contribution is 2.27. The lowest BCUT2D eigenvalue weighted by molar-refractivity contribution is 0.0913. The Morgan fingerprint density at radius 1 is 1.40 bits per heavy atom. The van der Waals surface area contributed by atoms with Gasteiger partial charge in [0.25, 0.3) is 0 Å². The number of hydrogen-bond donors (Lipinski definition) is 1. The fourth-order valence-corrected chi connectivity index (χ4v) is 2.36. The molecule has 0 radical (unpaired) electrons. The number of halogens is 1. The summed E-state index contributed by atoms with van der Waals surface area (Å²) in [6.07, 6.45) is 2.92. The predicted molar refractivity (Wildman–Crippen MR) is 61.1 cm³/mol. The van der Waals surface area contributed by atoms with Gasteiger partial charge in [0.2, 0.25) is 0 Å². The zero-order valence-electron chi connectivity index (χ0n) is 8.45. The Morgan fingerprint density at radius 3 is 2.80 bits per heavy atom. The van der Waals surface area contributed by atoms with Gasteiger partial charge in [-0.15, -0.1) is 0 Å². The molecule has 0 spiro atoms. The Bertz CT molecular complexity index is 378. The lowest BCUT2D eigenvalue weighted by Crippen LogP contribution is -2.30. The largest absolute Gasteiger partial charge is 0.327 e. The molecule has 1 aliphatic carbocycles. The van der Waals surface area contributed by atoms with Crippen LogP contribution in [0.2, 0.25) is 5.02 Å². The van der Waals surface area contributed by atoms with E-state index in [-0.39, 0.29) is 17.7 Å². The third kappa shape index (κ3) is 2.21. The Morgan fingerprint density at radius 2 is 2.20 bits per heavy atom. The van der Waals surface area contributed by atoms with Crippen LogP contribution < -0.4 is 5.73 Å². The number of nitrogens with two attached hydrogens (primary N) is 1. The van der Waals surface area contributed by atoms with Gasteiger partial charge < -0.3 is 5.73 Å². The lowest BCUT2D eigenvalue weighted by Gasteiger charge is -2.13. The van der Waals surface area contributed by atoms with Gasteiger partial charge in [0.1, 0.15) is 0 Å². The molecule has 0 aliphatic heterocycles. The van der Waals surface area contributed by atoms with Crippen LogP contribution in [0, 0.1) is 5.92 Å². The van der Waals surface area contributed by atoms with E-state index in [2.05, 4.69) is 0 Å². The van der Waals surface area contributed by atoms with Gasteiger partial charge in [-0.2, -0.15) is 0 Å². The highest BCUT2D eigenvalue weighted by molar-refractivity contribution is 6.31. The minimum Gasteiger partial charge on any atom is -0.327 e. The van der Waals surface area contributed by atoms with E-state index >= 15 is 0 Å². The summed E-state index contributed by atoms with van der Waals surface area (Å²) in [7, 11) is 0. The first-order chi connectivity index (χ1) is 7.18. The zero-order chi connectivity index (χ0) is 10.8. The van der Waals surface area contributed by atoms with E-state index in [1.54, 1.807) is 24.3 Å². The topological polar surface area (TPSA) is 43.1 Å². The summed E-state index contributed by atoms with van der Waals surface area (Å²) in [5.74, 6) is 0.131. The van der Waals surface area contributed by atoms with Crippen molar-refractivity contribution in [3.05, 3.63) is 34.9 Å². The van der Waals surface area contributed by atoms with Gasteiger partial charge in [-0.1, -0.05) is 30.2 Å². The molecule has 2 nitrogen and oxygen atoms in total. The zero-order valence-corrected chi connectivity index (χ0v) is 9.20. The van der Waals surface area contributed by atoms with Crippen LogP contribution in [0.3, 0.4) is 0 Å². The normalized spacial score (nSPS) is 25.5. The molecular formula is C12H14ClNO. The van der Waals surface area contributed by atoms with Crippen molar-refractivity contribution in [2.75, 3.05) is 0 Å². The molecule has 1 aliphatic rings. The van der Waals surface area contributed by atoms with Crippen molar-refractivity contribution in [2.24, 2.45) is 11.7 Å². The monoisotopic (exact) mass is 223 g/mol. The number of Topliss-reactive ketones (excluding diaryl/α,β-unsaturated/α-hetero) is 1. The second-order valence-corrected chi connectivity index (χ2v) is 4.51. The first kappa shape index (κ1) is 10.7. The molecule has 15 heavy (non-hydrogen) atoms. The van der Waals surface area contributed by atoms with Crippen LogP contribution in [-0.2, 0) is 0 Å². The van der Waals surface area contributed by atoms with Gasteiger partial charge in [-0.25, -0.2) is 0 Å². The average Bonchev–Trinajstić information content (AvgIpc) is 2.63. The number of carbonyl (C=O) groups excluding carboxylic acids is 1. The van der Waals surface area contributed by atoms with E-state index < -0.39 is 0 Å².